The molecule has 0 amide bonds. The van der Waals surface area contributed by atoms with Gasteiger partial charge in [0.25, 0.3) is 0 Å². The van der Waals surface area contributed by atoms with E-state index >= 15 is 0 Å². The van der Waals surface area contributed by atoms with Gasteiger partial charge in [-0.05, 0) is 31.5 Å². The first-order valence-corrected chi connectivity index (χ1v) is 5.14. The maximum atomic E-state index is 11.1. The largest absolute Gasteiger partial charge is 0.464 e. The van der Waals surface area contributed by atoms with Crippen molar-refractivity contribution >= 4 is 11.8 Å². The number of nitrogens with one attached hydrogen (secondary N) is 1. The lowest BCUT2D eigenvalue weighted by molar-refractivity contribution is 0.0593. The van der Waals surface area contributed by atoms with Crippen LogP contribution in [-0.2, 0) is 4.74 Å². The zero-order valence-corrected chi connectivity index (χ0v) is 9.27. The fraction of sp³-hybridized carbons (Fsp3) is 0.500. The number of nitrogens with zero attached hydrogens (tertiary/aromatic N) is 2. The van der Waals surface area contributed by atoms with Crippen molar-refractivity contribution in [1.82, 2.24) is 10.2 Å². The molecule has 0 unspecified atom stereocenters. The highest BCUT2D eigenvalue weighted by Gasteiger charge is 2.06. The molecule has 6 heteroatoms. The normalized spacial score (nSPS) is 9.88. The number of ether oxygens (including phenoxy) is 1. The quantitative estimate of drug-likeness (QED) is 0.537. The van der Waals surface area contributed by atoms with Gasteiger partial charge in [0.15, 0.2) is 5.69 Å². The highest BCUT2D eigenvalue weighted by Crippen LogP contribution is 2.03. The number of aromatic nitrogens is 2. The Balaban J connectivity index is 2.42. The van der Waals surface area contributed by atoms with E-state index in [1.165, 1.54) is 7.11 Å². The van der Waals surface area contributed by atoms with Gasteiger partial charge in [0.1, 0.15) is 5.82 Å². The number of carbonyl (C=O) groups is 1. The average molecular weight is 224 g/mol. The Bertz CT molecular complexity index is 326. The monoisotopic (exact) mass is 224 g/mol. The lowest BCUT2D eigenvalue weighted by Crippen LogP contribution is -2.09. The van der Waals surface area contributed by atoms with Crippen LogP contribution in [0.1, 0.15) is 23.3 Å². The lowest BCUT2D eigenvalue weighted by atomic mass is 10.3. The van der Waals surface area contributed by atoms with Crippen molar-refractivity contribution in [3.05, 3.63) is 17.8 Å². The first-order chi connectivity index (χ1) is 7.77. The van der Waals surface area contributed by atoms with E-state index in [4.69, 9.17) is 5.73 Å². The van der Waals surface area contributed by atoms with E-state index in [2.05, 4.69) is 20.3 Å². The first-order valence-electron chi connectivity index (χ1n) is 5.14. The van der Waals surface area contributed by atoms with Gasteiger partial charge in [-0.15, -0.1) is 10.2 Å². The molecule has 0 atom stereocenters. The topological polar surface area (TPSA) is 90.1 Å². The van der Waals surface area contributed by atoms with E-state index in [1.54, 1.807) is 12.1 Å². The summed E-state index contributed by atoms with van der Waals surface area (Å²) < 4.78 is 4.51. The SMILES string of the molecule is COC(=O)c1ccc(NCCCCN)nn1. The number of hydrogen-bond donors (Lipinski definition) is 2. The van der Waals surface area contributed by atoms with Crippen LogP contribution in [0.25, 0.3) is 0 Å². The predicted octanol–water partition coefficient (Wildman–Crippen LogP) is 0.414. The molecule has 88 valence electrons. The maximum Gasteiger partial charge on any atom is 0.358 e. The molecule has 0 saturated carbocycles. The molecule has 1 aromatic heterocycles. The zero-order valence-electron chi connectivity index (χ0n) is 9.27. The molecule has 0 radical (unpaired) electrons. The molecule has 1 heterocycles. The van der Waals surface area contributed by atoms with Crippen molar-refractivity contribution in [1.29, 1.82) is 0 Å². The molecular formula is C10H16N4O2. The van der Waals surface area contributed by atoms with E-state index in [-0.39, 0.29) is 5.69 Å². The van der Waals surface area contributed by atoms with Crippen LogP contribution in [-0.4, -0.2) is 36.4 Å². The van der Waals surface area contributed by atoms with Gasteiger partial charge in [0.05, 0.1) is 7.11 Å². The zero-order chi connectivity index (χ0) is 11.8. The van der Waals surface area contributed by atoms with E-state index in [0.29, 0.717) is 12.4 Å². The Kier molecular flexibility index (Phi) is 5.21. The van der Waals surface area contributed by atoms with Crippen LogP contribution in [0.4, 0.5) is 5.82 Å². The Morgan fingerprint density at radius 2 is 2.25 bits per heavy atom. The fourth-order valence-electron chi connectivity index (χ4n) is 1.13. The van der Waals surface area contributed by atoms with Crippen molar-refractivity contribution < 1.29 is 9.53 Å². The summed E-state index contributed by atoms with van der Waals surface area (Å²) >= 11 is 0. The molecule has 3 N–H and O–H groups in total. The molecule has 0 fully saturated rings. The Labute approximate surface area is 94.2 Å². The van der Waals surface area contributed by atoms with Crippen LogP contribution in [0.15, 0.2) is 12.1 Å². The van der Waals surface area contributed by atoms with Crippen LogP contribution in [0.2, 0.25) is 0 Å². The molecule has 1 aromatic rings. The summed E-state index contributed by atoms with van der Waals surface area (Å²) in [4.78, 5) is 11.1. The third kappa shape index (κ3) is 3.82. The van der Waals surface area contributed by atoms with E-state index in [0.717, 1.165) is 19.4 Å². The second kappa shape index (κ2) is 6.73. The number of anilines is 1. The van der Waals surface area contributed by atoms with Gasteiger partial charge in [-0.3, -0.25) is 0 Å². The number of unbranched alkanes of at least 4 members (excludes halogenated alkanes) is 1. The van der Waals surface area contributed by atoms with E-state index < -0.39 is 5.97 Å². The third-order valence-corrected chi connectivity index (χ3v) is 2.00. The standard InChI is InChI=1S/C10H16N4O2/c1-16-10(15)8-4-5-9(14-13-8)12-7-3-2-6-11/h4-5H,2-3,6-7,11H2,1H3,(H,12,14). The minimum absolute atomic E-state index is 0.204. The van der Waals surface area contributed by atoms with Crippen LogP contribution in [0.5, 0.6) is 0 Å². The number of rotatable bonds is 6. The van der Waals surface area contributed by atoms with Crippen LogP contribution in [0.3, 0.4) is 0 Å². The Hall–Kier alpha value is -1.69. The van der Waals surface area contributed by atoms with Gasteiger partial charge in [-0.1, -0.05) is 0 Å². The van der Waals surface area contributed by atoms with Gasteiger partial charge in [0.2, 0.25) is 0 Å². The second-order valence-corrected chi connectivity index (χ2v) is 3.22. The number of hydrogen-bond acceptors (Lipinski definition) is 6. The molecule has 1 rings (SSSR count). The Morgan fingerprint density at radius 1 is 1.44 bits per heavy atom. The van der Waals surface area contributed by atoms with E-state index in [1.807, 2.05) is 0 Å². The summed E-state index contributed by atoms with van der Waals surface area (Å²) in [7, 11) is 1.31. The first kappa shape index (κ1) is 12.4. The second-order valence-electron chi connectivity index (χ2n) is 3.22. The van der Waals surface area contributed by atoms with Crippen LogP contribution < -0.4 is 11.1 Å². The van der Waals surface area contributed by atoms with Gasteiger partial charge < -0.3 is 15.8 Å². The van der Waals surface area contributed by atoms with Gasteiger partial charge in [-0.25, -0.2) is 4.79 Å². The van der Waals surface area contributed by atoms with E-state index in [9.17, 15) is 4.79 Å². The summed E-state index contributed by atoms with van der Waals surface area (Å²) in [5, 5.41) is 10.7. The molecule has 6 nitrogen and oxygen atoms in total. The maximum absolute atomic E-state index is 11.1. The van der Waals surface area contributed by atoms with Crippen molar-refractivity contribution in [3.8, 4) is 0 Å². The molecular weight excluding hydrogens is 208 g/mol. The molecule has 0 spiro atoms. The minimum atomic E-state index is -0.484. The number of esters is 1. The molecule has 0 aromatic carbocycles. The summed E-state index contributed by atoms with van der Waals surface area (Å²) in [6.45, 7) is 1.48. The Morgan fingerprint density at radius 3 is 2.81 bits per heavy atom. The number of carbonyl (C=O) groups excluding carboxylic acids is 1. The summed E-state index contributed by atoms with van der Waals surface area (Å²) in [6, 6.07) is 3.27. The molecule has 0 bridgehead atoms. The van der Waals surface area contributed by atoms with Gasteiger partial charge in [-0.2, -0.15) is 0 Å². The summed E-state index contributed by atoms with van der Waals surface area (Å²) in [5.41, 5.74) is 5.57. The number of nitrogens with two attached hydrogens (primary N) is 1. The minimum Gasteiger partial charge on any atom is -0.464 e. The molecule has 0 aliphatic heterocycles. The highest BCUT2D eigenvalue weighted by atomic mass is 16.5. The molecule has 0 saturated heterocycles. The molecule has 0 aliphatic rings. The summed E-state index contributed by atoms with van der Waals surface area (Å²) in [6.07, 6.45) is 1.96. The summed E-state index contributed by atoms with van der Waals surface area (Å²) in [5.74, 6) is 0.159. The fourth-order valence-corrected chi connectivity index (χ4v) is 1.13. The van der Waals surface area contributed by atoms with Crippen molar-refractivity contribution in [3.63, 3.8) is 0 Å². The van der Waals surface area contributed by atoms with Gasteiger partial charge >= 0.3 is 5.97 Å². The number of methoxy groups -OCH3 is 1. The smallest absolute Gasteiger partial charge is 0.358 e. The highest BCUT2D eigenvalue weighted by molar-refractivity contribution is 5.86. The van der Waals surface area contributed by atoms with Crippen molar-refractivity contribution in [2.75, 3.05) is 25.5 Å². The molecule has 16 heavy (non-hydrogen) atoms. The van der Waals surface area contributed by atoms with Crippen molar-refractivity contribution in [2.45, 2.75) is 12.8 Å². The van der Waals surface area contributed by atoms with Crippen LogP contribution >= 0.6 is 0 Å². The van der Waals surface area contributed by atoms with Crippen LogP contribution in [0, 0.1) is 0 Å². The average Bonchev–Trinajstić information content (AvgIpc) is 2.34. The lowest BCUT2D eigenvalue weighted by Gasteiger charge is -2.04. The van der Waals surface area contributed by atoms with Gasteiger partial charge in [0, 0.05) is 6.54 Å². The van der Waals surface area contributed by atoms with Crippen molar-refractivity contribution in [2.24, 2.45) is 5.73 Å². The molecule has 0 aliphatic carbocycles. The third-order valence-electron chi connectivity index (χ3n) is 2.00. The predicted molar refractivity (Wildman–Crippen MR) is 60.1 cm³/mol.